The SMILES string of the molecule is NOBC=S. The molecule has 0 aromatic heterocycles. The molecule has 0 radical (unpaired) electrons. The van der Waals surface area contributed by atoms with Crippen molar-refractivity contribution < 1.29 is 4.76 Å². The third-order valence-corrected chi connectivity index (χ3v) is 0.300. The van der Waals surface area contributed by atoms with Crippen molar-refractivity contribution in [1.29, 1.82) is 0 Å². The maximum atomic E-state index is 4.54. The van der Waals surface area contributed by atoms with Gasteiger partial charge in [0, 0.05) is 0 Å². The van der Waals surface area contributed by atoms with Crippen LogP contribution in [0.15, 0.2) is 0 Å². The minimum absolute atomic E-state index is 0.356. The van der Waals surface area contributed by atoms with Gasteiger partial charge in [0.15, 0.2) is 0 Å². The molecule has 0 fully saturated rings. The Hall–Kier alpha value is 0.0749. The van der Waals surface area contributed by atoms with Crippen LogP contribution in [0.1, 0.15) is 0 Å². The molecule has 0 bridgehead atoms. The molecule has 2 N–H and O–H groups in total. The zero-order valence-electron chi connectivity index (χ0n) is 2.68. The Kier molecular flexibility index (Phi) is 4.14. The molecule has 0 aliphatic rings. The first-order chi connectivity index (χ1) is 2.41. The molecule has 0 aliphatic carbocycles. The van der Waals surface area contributed by atoms with E-state index in [2.05, 4.69) is 22.9 Å². The highest BCUT2D eigenvalue weighted by Crippen LogP contribution is 1.44. The maximum absolute atomic E-state index is 4.54. The summed E-state index contributed by atoms with van der Waals surface area (Å²) in [5.41, 5.74) is 0. The molecular weight excluding hydrogens is 84.9 g/mol. The van der Waals surface area contributed by atoms with Crippen LogP contribution in [0.2, 0.25) is 0 Å². The van der Waals surface area contributed by atoms with E-state index < -0.39 is 0 Å². The quantitative estimate of drug-likeness (QED) is 0.273. The second-order valence-electron chi connectivity index (χ2n) is 0.500. The summed E-state index contributed by atoms with van der Waals surface area (Å²) < 4.78 is 4.03. The molecule has 0 heterocycles. The van der Waals surface area contributed by atoms with E-state index in [1.165, 1.54) is 5.27 Å². The molecule has 0 atom stereocenters. The van der Waals surface area contributed by atoms with Gasteiger partial charge < -0.3 is 4.76 Å². The van der Waals surface area contributed by atoms with Crippen molar-refractivity contribution in [1.82, 2.24) is 0 Å². The largest absolute Gasteiger partial charge is 0.364 e. The average Bonchev–Trinajstić information content (AvgIpc) is 1.41. The molecule has 0 rings (SSSR count). The van der Waals surface area contributed by atoms with Crippen LogP contribution in [-0.2, 0) is 4.76 Å². The molecule has 2 nitrogen and oxygen atoms in total. The van der Waals surface area contributed by atoms with Crippen LogP contribution >= 0.6 is 12.2 Å². The first-order valence-corrected chi connectivity index (χ1v) is 1.64. The molecule has 0 aromatic carbocycles. The fraction of sp³-hybridized carbons (Fsp3) is 0. The molecule has 0 aliphatic heterocycles. The van der Waals surface area contributed by atoms with Crippen molar-refractivity contribution in [2.45, 2.75) is 0 Å². The van der Waals surface area contributed by atoms with Crippen LogP contribution in [0.4, 0.5) is 0 Å². The van der Waals surface area contributed by atoms with Crippen LogP contribution in [-0.4, -0.2) is 12.7 Å². The van der Waals surface area contributed by atoms with Gasteiger partial charge in [0.05, 0.1) is 0 Å². The highest BCUT2D eigenvalue weighted by atomic mass is 32.1. The van der Waals surface area contributed by atoms with Crippen molar-refractivity contribution >= 4 is 25.0 Å². The molecule has 0 unspecified atom stereocenters. The molecule has 0 amide bonds. The second kappa shape index (κ2) is 4.07. The Morgan fingerprint density at radius 3 is 2.60 bits per heavy atom. The van der Waals surface area contributed by atoms with E-state index in [-0.39, 0.29) is 0 Å². The van der Waals surface area contributed by atoms with E-state index in [0.29, 0.717) is 7.48 Å². The van der Waals surface area contributed by atoms with Gasteiger partial charge in [-0.15, -0.1) is 12.2 Å². The predicted molar refractivity (Wildman–Crippen MR) is 26.1 cm³/mol. The van der Waals surface area contributed by atoms with Crippen molar-refractivity contribution in [2.75, 3.05) is 0 Å². The molecule has 4 heteroatoms. The highest BCUT2D eigenvalue weighted by molar-refractivity contribution is 7.81. The third kappa shape index (κ3) is 4.07. The first-order valence-electron chi connectivity index (χ1n) is 1.17. The summed E-state index contributed by atoms with van der Waals surface area (Å²) in [6.45, 7) is 0. The van der Waals surface area contributed by atoms with E-state index in [1.54, 1.807) is 0 Å². The summed E-state index contributed by atoms with van der Waals surface area (Å²) in [5.74, 6) is 4.54. The first kappa shape index (κ1) is 5.07. The topological polar surface area (TPSA) is 35.2 Å². The van der Waals surface area contributed by atoms with Gasteiger partial charge in [-0.25, -0.2) is 5.90 Å². The Labute approximate surface area is 36.5 Å². The molecule has 0 spiro atoms. The van der Waals surface area contributed by atoms with Gasteiger partial charge in [0.2, 0.25) is 0 Å². The van der Waals surface area contributed by atoms with E-state index in [4.69, 9.17) is 0 Å². The monoisotopic (exact) mass is 89.0 g/mol. The van der Waals surface area contributed by atoms with Crippen molar-refractivity contribution in [3.05, 3.63) is 0 Å². The molecule has 0 saturated carbocycles. The van der Waals surface area contributed by atoms with Crippen LogP contribution in [0.5, 0.6) is 0 Å². The third-order valence-electron chi connectivity index (χ3n) is 0.164. The number of rotatable bonds is 2. The summed E-state index contributed by atoms with van der Waals surface area (Å²) in [4.78, 5) is 0. The lowest BCUT2D eigenvalue weighted by atomic mass is 10.1. The summed E-state index contributed by atoms with van der Waals surface area (Å²) in [6, 6.07) is 0. The van der Waals surface area contributed by atoms with Gasteiger partial charge in [-0.3, -0.25) is 0 Å². The predicted octanol–water partition coefficient (Wildman–Crippen LogP) is -0.815. The van der Waals surface area contributed by atoms with Crippen molar-refractivity contribution in [2.24, 2.45) is 5.90 Å². The lowest BCUT2D eigenvalue weighted by Gasteiger charge is -1.75. The van der Waals surface area contributed by atoms with Crippen LogP contribution in [0.3, 0.4) is 0 Å². The van der Waals surface area contributed by atoms with Gasteiger partial charge >= 0.3 is 7.48 Å². The molecule has 0 aromatic rings. The summed E-state index contributed by atoms with van der Waals surface area (Å²) in [6.07, 6.45) is 0. The van der Waals surface area contributed by atoms with Gasteiger partial charge in [0.25, 0.3) is 0 Å². The zero-order valence-corrected chi connectivity index (χ0v) is 3.49. The van der Waals surface area contributed by atoms with E-state index in [1.807, 2.05) is 0 Å². The Bertz CT molecular complexity index is 32.8. The maximum Gasteiger partial charge on any atom is 0.340 e. The summed E-state index contributed by atoms with van der Waals surface area (Å²) in [5, 5.41) is 1.42. The van der Waals surface area contributed by atoms with Gasteiger partial charge in [-0.1, -0.05) is 0 Å². The zero-order chi connectivity index (χ0) is 4.12. The standard InChI is InChI=1S/CH4BNOS/c3-4-2-1-5/h1-2H,3H2. The second-order valence-corrected chi connectivity index (χ2v) is 0.833. The lowest BCUT2D eigenvalue weighted by molar-refractivity contribution is 0.365. The van der Waals surface area contributed by atoms with E-state index in [9.17, 15) is 0 Å². The minimum atomic E-state index is 0.356. The number of nitrogens with two attached hydrogens (primary N) is 1. The van der Waals surface area contributed by atoms with Gasteiger partial charge in [-0.05, 0) is 5.27 Å². The Morgan fingerprint density at radius 1 is 2.00 bits per heavy atom. The summed E-state index contributed by atoms with van der Waals surface area (Å²) in [7, 11) is 0.356. The number of thiocarbonyl (C=S) groups is 1. The normalized spacial score (nSPS) is 6.60. The number of hydrogen-bond acceptors (Lipinski definition) is 3. The number of hydrogen-bond donors (Lipinski definition) is 1. The average molecular weight is 88.9 g/mol. The summed E-state index contributed by atoms with van der Waals surface area (Å²) >= 11 is 4.32. The fourth-order valence-corrected chi connectivity index (χ4v) is 0.118. The highest BCUT2D eigenvalue weighted by Gasteiger charge is 1.69. The Balaban J connectivity index is 2.40. The van der Waals surface area contributed by atoms with Crippen LogP contribution in [0.25, 0.3) is 0 Å². The molecule has 0 saturated heterocycles. The van der Waals surface area contributed by atoms with E-state index in [0.717, 1.165) is 0 Å². The smallest absolute Gasteiger partial charge is 0.340 e. The van der Waals surface area contributed by atoms with Gasteiger partial charge in [0.1, 0.15) is 0 Å². The minimum Gasteiger partial charge on any atom is -0.364 e. The van der Waals surface area contributed by atoms with Crippen LogP contribution in [0, 0.1) is 0 Å². The Morgan fingerprint density at radius 2 is 2.60 bits per heavy atom. The van der Waals surface area contributed by atoms with Gasteiger partial charge in [-0.2, -0.15) is 0 Å². The van der Waals surface area contributed by atoms with Crippen molar-refractivity contribution in [3.8, 4) is 0 Å². The lowest BCUT2D eigenvalue weighted by Crippen LogP contribution is -2.03. The van der Waals surface area contributed by atoms with E-state index >= 15 is 0 Å². The van der Waals surface area contributed by atoms with Crippen LogP contribution < -0.4 is 5.90 Å². The van der Waals surface area contributed by atoms with Crippen molar-refractivity contribution in [3.63, 3.8) is 0 Å². The molecule has 28 valence electrons. The molecule has 5 heavy (non-hydrogen) atoms. The molecular formula is CH4BNOS. The fourth-order valence-electron chi connectivity index (χ4n) is 0.0393.